The summed E-state index contributed by atoms with van der Waals surface area (Å²) >= 11 is 0. The molecule has 1 unspecified atom stereocenters. The average molecular weight is 262 g/mol. The lowest BCUT2D eigenvalue weighted by Crippen LogP contribution is -2.12. The Morgan fingerprint density at radius 3 is 2.74 bits per heavy atom. The summed E-state index contributed by atoms with van der Waals surface area (Å²) in [6, 6.07) is 9.58. The minimum Gasteiger partial charge on any atom is -0.467 e. The zero-order valence-electron chi connectivity index (χ0n) is 10.2. The minimum absolute atomic E-state index is 0.00278. The highest BCUT2D eigenvalue weighted by Gasteiger charge is 2.19. The number of nitro benzene ring substituents is 1. The van der Waals surface area contributed by atoms with E-state index >= 15 is 0 Å². The summed E-state index contributed by atoms with van der Waals surface area (Å²) in [5, 5.41) is 23.1. The van der Waals surface area contributed by atoms with Gasteiger partial charge in [-0.3, -0.25) is 10.1 Å². The third-order valence-corrected chi connectivity index (χ3v) is 2.73. The number of hydrogen-bond donors (Lipinski definition) is 2. The molecule has 0 fully saturated rings. The monoisotopic (exact) mass is 262 g/mol. The number of para-hydroxylation sites is 2. The minimum atomic E-state index is -0.444. The highest BCUT2D eigenvalue weighted by atomic mass is 16.6. The smallest absolute Gasteiger partial charge is 0.292 e. The van der Waals surface area contributed by atoms with Gasteiger partial charge < -0.3 is 14.8 Å². The molecule has 0 aliphatic rings. The second-order valence-electron chi connectivity index (χ2n) is 4.00. The highest BCUT2D eigenvalue weighted by molar-refractivity contribution is 5.61. The van der Waals surface area contributed by atoms with E-state index < -0.39 is 4.92 Å². The molecule has 1 aromatic heterocycles. The van der Waals surface area contributed by atoms with Crippen molar-refractivity contribution in [3.8, 4) is 0 Å². The van der Waals surface area contributed by atoms with Crippen molar-refractivity contribution in [1.82, 2.24) is 0 Å². The normalized spacial score (nSPS) is 12.1. The van der Waals surface area contributed by atoms with E-state index in [0.29, 0.717) is 17.9 Å². The van der Waals surface area contributed by atoms with Crippen molar-refractivity contribution < 1.29 is 14.4 Å². The molecule has 0 aliphatic carbocycles. The summed E-state index contributed by atoms with van der Waals surface area (Å²) < 4.78 is 5.28. The molecule has 1 heterocycles. The maximum Gasteiger partial charge on any atom is 0.292 e. The molecule has 6 nitrogen and oxygen atoms in total. The van der Waals surface area contributed by atoms with Gasteiger partial charge in [0.15, 0.2) is 0 Å². The van der Waals surface area contributed by atoms with Gasteiger partial charge in [-0.1, -0.05) is 12.1 Å². The van der Waals surface area contributed by atoms with Crippen LogP contribution in [0.4, 0.5) is 11.4 Å². The first-order valence-corrected chi connectivity index (χ1v) is 5.86. The molecule has 6 heteroatoms. The number of benzene rings is 1. The molecule has 100 valence electrons. The van der Waals surface area contributed by atoms with E-state index in [0.717, 1.165) is 0 Å². The van der Waals surface area contributed by atoms with Crippen molar-refractivity contribution in [3.05, 3.63) is 58.5 Å². The first-order chi connectivity index (χ1) is 9.22. The first-order valence-electron chi connectivity index (χ1n) is 5.86. The number of nitrogens with zero attached hydrogens (tertiary/aromatic N) is 1. The Morgan fingerprint density at radius 2 is 2.11 bits per heavy atom. The van der Waals surface area contributed by atoms with Gasteiger partial charge in [0.05, 0.1) is 17.2 Å². The molecule has 0 saturated heterocycles. The number of aliphatic hydroxyl groups is 1. The Morgan fingerprint density at radius 1 is 1.32 bits per heavy atom. The predicted octanol–water partition coefficient (Wildman–Crippen LogP) is 2.72. The van der Waals surface area contributed by atoms with Crippen molar-refractivity contribution >= 4 is 11.4 Å². The van der Waals surface area contributed by atoms with Gasteiger partial charge in [0.2, 0.25) is 0 Å². The van der Waals surface area contributed by atoms with Gasteiger partial charge in [-0.05, 0) is 24.6 Å². The maximum absolute atomic E-state index is 10.9. The van der Waals surface area contributed by atoms with Gasteiger partial charge in [-0.2, -0.15) is 0 Å². The second-order valence-corrected chi connectivity index (χ2v) is 4.00. The quantitative estimate of drug-likeness (QED) is 0.617. The summed E-state index contributed by atoms with van der Waals surface area (Å²) in [7, 11) is 0. The lowest BCUT2D eigenvalue weighted by atomic mass is 10.1. The van der Waals surface area contributed by atoms with Crippen LogP contribution in [0.25, 0.3) is 0 Å². The molecule has 2 aromatic rings. The van der Waals surface area contributed by atoms with E-state index in [9.17, 15) is 10.1 Å². The van der Waals surface area contributed by atoms with Crippen LogP contribution in [0.2, 0.25) is 0 Å². The number of aliphatic hydroxyl groups excluding tert-OH is 1. The number of nitro groups is 1. The van der Waals surface area contributed by atoms with E-state index in [1.165, 1.54) is 12.3 Å². The van der Waals surface area contributed by atoms with Crippen LogP contribution >= 0.6 is 0 Å². The topological polar surface area (TPSA) is 88.5 Å². The van der Waals surface area contributed by atoms with Crippen molar-refractivity contribution in [2.45, 2.75) is 12.5 Å². The first kappa shape index (κ1) is 13.1. The fourth-order valence-corrected chi connectivity index (χ4v) is 1.85. The maximum atomic E-state index is 10.9. The van der Waals surface area contributed by atoms with Gasteiger partial charge in [0.25, 0.3) is 5.69 Å². The van der Waals surface area contributed by atoms with Crippen molar-refractivity contribution in [1.29, 1.82) is 0 Å². The number of hydrogen-bond acceptors (Lipinski definition) is 5. The third-order valence-electron chi connectivity index (χ3n) is 2.73. The van der Waals surface area contributed by atoms with Gasteiger partial charge in [0.1, 0.15) is 11.4 Å². The SMILES string of the molecule is O=[N+]([O-])c1ccccc1NC(CCO)c1ccco1. The van der Waals surface area contributed by atoms with Crippen LogP contribution in [-0.4, -0.2) is 16.6 Å². The van der Waals surface area contributed by atoms with E-state index in [1.54, 1.807) is 30.3 Å². The summed E-state index contributed by atoms with van der Waals surface area (Å²) in [4.78, 5) is 10.5. The van der Waals surface area contributed by atoms with Crippen molar-refractivity contribution in [2.75, 3.05) is 11.9 Å². The summed E-state index contributed by atoms with van der Waals surface area (Å²) in [6.07, 6.45) is 1.93. The molecule has 2 rings (SSSR count). The molecule has 19 heavy (non-hydrogen) atoms. The highest BCUT2D eigenvalue weighted by Crippen LogP contribution is 2.29. The van der Waals surface area contributed by atoms with Crippen LogP contribution in [-0.2, 0) is 0 Å². The molecular formula is C13H14N2O4. The molecule has 1 atom stereocenters. The van der Waals surface area contributed by atoms with Crippen molar-refractivity contribution in [2.24, 2.45) is 0 Å². The Kier molecular flexibility index (Phi) is 4.15. The van der Waals surface area contributed by atoms with Gasteiger partial charge in [-0.25, -0.2) is 0 Å². The molecule has 0 bridgehead atoms. The molecule has 2 N–H and O–H groups in total. The van der Waals surface area contributed by atoms with Crippen LogP contribution in [0.3, 0.4) is 0 Å². The van der Waals surface area contributed by atoms with Crippen LogP contribution in [0.15, 0.2) is 47.1 Å². The Bertz CT molecular complexity index is 539. The Balaban J connectivity index is 2.25. The number of nitrogens with one attached hydrogen (secondary N) is 1. The fourth-order valence-electron chi connectivity index (χ4n) is 1.85. The molecule has 0 saturated carbocycles. The molecule has 0 radical (unpaired) electrons. The average Bonchev–Trinajstić information content (AvgIpc) is 2.92. The molecular weight excluding hydrogens is 248 g/mol. The van der Waals surface area contributed by atoms with Gasteiger partial charge in [-0.15, -0.1) is 0 Å². The fraction of sp³-hybridized carbons (Fsp3) is 0.231. The largest absolute Gasteiger partial charge is 0.467 e. The van der Waals surface area contributed by atoms with E-state index in [2.05, 4.69) is 5.32 Å². The summed E-state index contributed by atoms with van der Waals surface area (Å²) in [5.41, 5.74) is 0.402. The predicted molar refractivity (Wildman–Crippen MR) is 69.9 cm³/mol. The van der Waals surface area contributed by atoms with E-state index in [1.807, 2.05) is 0 Å². The van der Waals surface area contributed by atoms with Crippen molar-refractivity contribution in [3.63, 3.8) is 0 Å². The van der Waals surface area contributed by atoms with Crippen LogP contribution in [0.5, 0.6) is 0 Å². The van der Waals surface area contributed by atoms with Crippen LogP contribution in [0, 0.1) is 10.1 Å². The molecule has 1 aromatic carbocycles. The summed E-state index contributed by atoms with van der Waals surface area (Å²) in [6.45, 7) is -0.0427. The lowest BCUT2D eigenvalue weighted by Gasteiger charge is -2.16. The van der Waals surface area contributed by atoms with E-state index in [4.69, 9.17) is 9.52 Å². The van der Waals surface area contributed by atoms with Crippen LogP contribution < -0.4 is 5.32 Å². The number of rotatable bonds is 6. The standard InChI is InChI=1S/C13H14N2O4/c16-8-7-11(13-6-3-9-19-13)14-10-4-1-2-5-12(10)15(17)18/h1-6,9,11,14,16H,7-8H2. The van der Waals surface area contributed by atoms with Gasteiger partial charge in [0, 0.05) is 12.7 Å². The zero-order chi connectivity index (χ0) is 13.7. The van der Waals surface area contributed by atoms with Gasteiger partial charge >= 0.3 is 0 Å². The Hall–Kier alpha value is -2.34. The molecule has 0 amide bonds. The summed E-state index contributed by atoms with van der Waals surface area (Å²) in [5.74, 6) is 0.632. The molecule has 0 spiro atoms. The second kappa shape index (κ2) is 6.01. The Labute approximate surface area is 109 Å². The number of furan rings is 1. The third kappa shape index (κ3) is 3.11. The molecule has 0 aliphatic heterocycles. The zero-order valence-corrected chi connectivity index (χ0v) is 10.2. The van der Waals surface area contributed by atoms with E-state index in [-0.39, 0.29) is 18.3 Å². The number of anilines is 1. The van der Waals surface area contributed by atoms with Crippen LogP contribution in [0.1, 0.15) is 18.2 Å². The lowest BCUT2D eigenvalue weighted by molar-refractivity contribution is -0.384.